The largest absolute Gasteiger partial charge is 0.327 e. The van der Waals surface area contributed by atoms with E-state index in [4.69, 9.17) is 5.73 Å². The van der Waals surface area contributed by atoms with Crippen molar-refractivity contribution in [3.05, 3.63) is 0 Å². The average molecular weight is 184 g/mol. The van der Waals surface area contributed by atoms with Gasteiger partial charge in [-0.05, 0) is 45.6 Å². The van der Waals surface area contributed by atoms with E-state index in [-0.39, 0.29) is 0 Å². The molecule has 2 N–H and O–H groups in total. The monoisotopic (exact) mass is 184 g/mol. The van der Waals surface area contributed by atoms with E-state index in [9.17, 15) is 0 Å². The van der Waals surface area contributed by atoms with Gasteiger partial charge in [0.25, 0.3) is 0 Å². The van der Waals surface area contributed by atoms with Gasteiger partial charge in [0.15, 0.2) is 0 Å². The van der Waals surface area contributed by atoms with Crippen molar-refractivity contribution >= 4 is 0 Å². The molecule has 1 fully saturated rings. The second-order valence-corrected chi connectivity index (χ2v) is 4.83. The molecule has 1 atom stereocenters. The molecule has 0 aromatic heterocycles. The minimum Gasteiger partial charge on any atom is -0.327 e. The van der Waals surface area contributed by atoms with Gasteiger partial charge in [0, 0.05) is 18.6 Å². The third-order valence-corrected chi connectivity index (χ3v) is 3.18. The van der Waals surface area contributed by atoms with Crippen LogP contribution >= 0.6 is 0 Å². The summed E-state index contributed by atoms with van der Waals surface area (Å²) in [5.74, 6) is 0.944. The van der Waals surface area contributed by atoms with Crippen LogP contribution in [0.4, 0.5) is 0 Å². The molecule has 0 aromatic carbocycles. The van der Waals surface area contributed by atoms with Crippen molar-refractivity contribution < 1.29 is 0 Å². The van der Waals surface area contributed by atoms with Crippen LogP contribution in [0.25, 0.3) is 0 Å². The maximum Gasteiger partial charge on any atom is 0.0139 e. The molecule has 0 spiro atoms. The lowest BCUT2D eigenvalue weighted by molar-refractivity contribution is 0.164. The van der Waals surface area contributed by atoms with Gasteiger partial charge < -0.3 is 10.6 Å². The van der Waals surface area contributed by atoms with E-state index < -0.39 is 0 Å². The Kier molecular flexibility index (Phi) is 4.20. The Morgan fingerprint density at radius 1 is 1.31 bits per heavy atom. The summed E-state index contributed by atoms with van der Waals surface area (Å²) in [4.78, 5) is 2.44. The van der Waals surface area contributed by atoms with E-state index in [0.29, 0.717) is 6.04 Å². The van der Waals surface area contributed by atoms with E-state index in [1.54, 1.807) is 0 Å². The summed E-state index contributed by atoms with van der Waals surface area (Å²) in [6.07, 6.45) is 5.52. The first-order valence-corrected chi connectivity index (χ1v) is 5.55. The van der Waals surface area contributed by atoms with Gasteiger partial charge in [-0.1, -0.05) is 6.92 Å². The molecule has 78 valence electrons. The summed E-state index contributed by atoms with van der Waals surface area (Å²) in [6, 6.07) is 1.10. The molecule has 0 unspecified atom stereocenters. The quantitative estimate of drug-likeness (QED) is 0.725. The van der Waals surface area contributed by atoms with Crippen molar-refractivity contribution in [1.29, 1.82) is 0 Å². The van der Waals surface area contributed by atoms with Gasteiger partial charge in [0.2, 0.25) is 0 Å². The summed E-state index contributed by atoms with van der Waals surface area (Å²) in [5, 5.41) is 0. The zero-order valence-electron chi connectivity index (χ0n) is 9.29. The Morgan fingerprint density at radius 2 is 1.85 bits per heavy atom. The Labute approximate surface area is 82.5 Å². The standard InChI is InChI=1S/C11H24N2/c1-9-4-6-11(7-5-9)13(3)8-10(2)12/h9-11H,4-8,12H2,1-3H3/t9?,10-,11?/m1/s1. The molecule has 1 rings (SSSR count). The molecule has 0 bridgehead atoms. The van der Waals surface area contributed by atoms with Gasteiger partial charge in [0.05, 0.1) is 0 Å². The van der Waals surface area contributed by atoms with Crippen LogP contribution < -0.4 is 5.73 Å². The van der Waals surface area contributed by atoms with Crippen LogP contribution in [0.15, 0.2) is 0 Å². The van der Waals surface area contributed by atoms with Crippen LogP contribution in [-0.2, 0) is 0 Å². The molecule has 0 heterocycles. The summed E-state index contributed by atoms with van der Waals surface area (Å²) in [6.45, 7) is 5.49. The highest BCUT2D eigenvalue weighted by atomic mass is 15.1. The summed E-state index contributed by atoms with van der Waals surface area (Å²) in [7, 11) is 2.21. The predicted octanol–water partition coefficient (Wildman–Crippen LogP) is 1.84. The highest BCUT2D eigenvalue weighted by Crippen LogP contribution is 2.26. The van der Waals surface area contributed by atoms with Crippen LogP contribution in [0, 0.1) is 5.92 Å². The first-order chi connectivity index (χ1) is 6.09. The minimum atomic E-state index is 0.310. The first-order valence-electron chi connectivity index (χ1n) is 5.55. The molecule has 0 radical (unpaired) electrons. The van der Waals surface area contributed by atoms with Crippen molar-refractivity contribution in [2.24, 2.45) is 11.7 Å². The third-order valence-electron chi connectivity index (χ3n) is 3.18. The lowest BCUT2D eigenvalue weighted by Crippen LogP contribution is -2.41. The van der Waals surface area contributed by atoms with Crippen LogP contribution in [-0.4, -0.2) is 30.6 Å². The zero-order chi connectivity index (χ0) is 9.84. The normalized spacial score (nSPS) is 32.1. The molecule has 2 heteroatoms. The number of rotatable bonds is 3. The summed E-state index contributed by atoms with van der Waals surface area (Å²) in [5.41, 5.74) is 5.79. The van der Waals surface area contributed by atoms with Gasteiger partial charge in [0.1, 0.15) is 0 Å². The molecular formula is C11H24N2. The fraction of sp³-hybridized carbons (Fsp3) is 1.00. The van der Waals surface area contributed by atoms with Gasteiger partial charge in [-0.15, -0.1) is 0 Å². The number of likely N-dealkylation sites (N-methyl/N-ethyl adjacent to an activating group) is 1. The Bertz CT molecular complexity index is 137. The maximum absolute atomic E-state index is 5.79. The predicted molar refractivity (Wildman–Crippen MR) is 57.7 cm³/mol. The number of nitrogens with two attached hydrogens (primary N) is 1. The smallest absolute Gasteiger partial charge is 0.0139 e. The van der Waals surface area contributed by atoms with Crippen LogP contribution in [0.3, 0.4) is 0 Å². The van der Waals surface area contributed by atoms with Gasteiger partial charge in [-0.2, -0.15) is 0 Å². The molecule has 0 saturated heterocycles. The van der Waals surface area contributed by atoms with Crippen molar-refractivity contribution in [2.75, 3.05) is 13.6 Å². The zero-order valence-corrected chi connectivity index (χ0v) is 9.29. The van der Waals surface area contributed by atoms with E-state index in [0.717, 1.165) is 18.5 Å². The van der Waals surface area contributed by atoms with E-state index in [2.05, 4.69) is 25.8 Å². The molecule has 1 aliphatic rings. The minimum absolute atomic E-state index is 0.310. The van der Waals surface area contributed by atoms with Gasteiger partial charge in [-0.3, -0.25) is 0 Å². The number of hydrogen-bond donors (Lipinski definition) is 1. The van der Waals surface area contributed by atoms with Gasteiger partial charge in [-0.25, -0.2) is 0 Å². The molecule has 1 aliphatic carbocycles. The van der Waals surface area contributed by atoms with Crippen molar-refractivity contribution in [1.82, 2.24) is 4.90 Å². The SMILES string of the molecule is CC1CCC(N(C)C[C@@H](C)N)CC1. The van der Waals surface area contributed by atoms with Crippen LogP contribution in [0.2, 0.25) is 0 Å². The average Bonchev–Trinajstić information content (AvgIpc) is 2.04. The molecule has 0 aliphatic heterocycles. The Hall–Kier alpha value is -0.0800. The molecule has 0 amide bonds. The van der Waals surface area contributed by atoms with Crippen LogP contribution in [0.1, 0.15) is 39.5 Å². The van der Waals surface area contributed by atoms with E-state index >= 15 is 0 Å². The van der Waals surface area contributed by atoms with Gasteiger partial charge >= 0.3 is 0 Å². The molecular weight excluding hydrogens is 160 g/mol. The molecule has 13 heavy (non-hydrogen) atoms. The third kappa shape index (κ3) is 3.65. The Balaban J connectivity index is 2.27. The molecule has 0 aromatic rings. The fourth-order valence-corrected chi connectivity index (χ4v) is 2.29. The highest BCUT2D eigenvalue weighted by molar-refractivity contribution is 4.77. The topological polar surface area (TPSA) is 29.3 Å². The number of hydrogen-bond acceptors (Lipinski definition) is 2. The summed E-state index contributed by atoms with van der Waals surface area (Å²) >= 11 is 0. The maximum atomic E-state index is 5.79. The van der Waals surface area contributed by atoms with E-state index in [1.165, 1.54) is 25.7 Å². The first kappa shape index (κ1) is 11.0. The highest BCUT2D eigenvalue weighted by Gasteiger charge is 2.21. The van der Waals surface area contributed by atoms with Crippen molar-refractivity contribution in [3.8, 4) is 0 Å². The summed E-state index contributed by atoms with van der Waals surface area (Å²) < 4.78 is 0. The fourth-order valence-electron chi connectivity index (χ4n) is 2.29. The van der Waals surface area contributed by atoms with Crippen LogP contribution in [0.5, 0.6) is 0 Å². The Morgan fingerprint density at radius 3 is 2.31 bits per heavy atom. The van der Waals surface area contributed by atoms with Crippen molar-refractivity contribution in [3.63, 3.8) is 0 Å². The second-order valence-electron chi connectivity index (χ2n) is 4.83. The molecule has 2 nitrogen and oxygen atoms in total. The lowest BCUT2D eigenvalue weighted by Gasteiger charge is -2.34. The number of nitrogens with zero attached hydrogens (tertiary/aromatic N) is 1. The second kappa shape index (κ2) is 4.97. The lowest BCUT2D eigenvalue weighted by atomic mass is 9.86. The molecule has 1 saturated carbocycles. The van der Waals surface area contributed by atoms with Crippen molar-refractivity contribution in [2.45, 2.75) is 51.6 Å². The van der Waals surface area contributed by atoms with E-state index in [1.807, 2.05) is 0 Å².